The molecule has 1 unspecified atom stereocenters. The number of anilines is 1. The molecule has 3 rings (SSSR count). The summed E-state index contributed by atoms with van der Waals surface area (Å²) in [5.41, 5.74) is 2.24. The zero-order chi connectivity index (χ0) is 11.0. The van der Waals surface area contributed by atoms with E-state index >= 15 is 0 Å². The predicted octanol–water partition coefficient (Wildman–Crippen LogP) is 2.26. The molecule has 0 bridgehead atoms. The van der Waals surface area contributed by atoms with E-state index in [0.29, 0.717) is 6.61 Å². The van der Waals surface area contributed by atoms with Gasteiger partial charge in [-0.2, -0.15) is 0 Å². The van der Waals surface area contributed by atoms with Crippen molar-refractivity contribution in [3.63, 3.8) is 0 Å². The van der Waals surface area contributed by atoms with Crippen molar-refractivity contribution in [2.24, 2.45) is 0 Å². The van der Waals surface area contributed by atoms with E-state index in [1.54, 1.807) is 0 Å². The van der Waals surface area contributed by atoms with Crippen molar-refractivity contribution < 1.29 is 4.74 Å². The first-order valence-electron chi connectivity index (χ1n) is 5.33. The first-order valence-corrected chi connectivity index (χ1v) is 5.33. The smallest absolute Gasteiger partial charge is 0.200 e. The van der Waals surface area contributed by atoms with Gasteiger partial charge >= 0.3 is 0 Å². The molecule has 0 saturated heterocycles. The summed E-state index contributed by atoms with van der Waals surface area (Å²) in [7, 11) is 0. The fourth-order valence-electron chi connectivity index (χ4n) is 1.93. The number of aryl methyl sites for hydroxylation is 1. The summed E-state index contributed by atoms with van der Waals surface area (Å²) in [6.07, 6.45) is 1.81. The zero-order valence-corrected chi connectivity index (χ0v) is 9.03. The van der Waals surface area contributed by atoms with E-state index < -0.39 is 0 Å². The Bertz CT molecular complexity index is 506. The Labute approximate surface area is 93.7 Å². The minimum Gasteiger partial charge on any atom is -0.491 e. The van der Waals surface area contributed by atoms with Gasteiger partial charge in [-0.1, -0.05) is 18.2 Å². The van der Waals surface area contributed by atoms with Crippen LogP contribution < -0.4 is 10.1 Å². The number of hydrogen-bond donors (Lipinski definition) is 2. The van der Waals surface area contributed by atoms with Crippen LogP contribution in [0.25, 0.3) is 0 Å². The number of nitrogens with one attached hydrogen (secondary N) is 2. The van der Waals surface area contributed by atoms with E-state index in [-0.39, 0.29) is 6.04 Å². The number of nitrogens with zero attached hydrogens (tertiary/aromatic N) is 1. The minimum absolute atomic E-state index is 0.182. The molecule has 0 saturated carbocycles. The first kappa shape index (κ1) is 9.27. The summed E-state index contributed by atoms with van der Waals surface area (Å²) in [6.45, 7) is 2.64. The number of rotatable bonds is 2. The highest BCUT2D eigenvalue weighted by molar-refractivity contribution is 5.44. The molecule has 4 heteroatoms. The summed E-state index contributed by atoms with van der Waals surface area (Å²) >= 11 is 0. The number of imidazole rings is 1. The fourth-order valence-corrected chi connectivity index (χ4v) is 1.93. The number of aromatic nitrogens is 2. The maximum absolute atomic E-state index is 5.59. The quantitative estimate of drug-likeness (QED) is 0.807. The Morgan fingerprint density at radius 2 is 2.31 bits per heavy atom. The fraction of sp³-hybridized carbons (Fsp3) is 0.250. The Kier molecular flexibility index (Phi) is 2.06. The number of fused-ring (bicyclic) bond motifs is 1. The third kappa shape index (κ3) is 1.52. The maximum atomic E-state index is 5.59. The van der Waals surface area contributed by atoms with Crippen molar-refractivity contribution in [2.45, 2.75) is 13.0 Å². The molecule has 16 heavy (non-hydrogen) atoms. The van der Waals surface area contributed by atoms with Crippen molar-refractivity contribution >= 4 is 5.95 Å². The second kappa shape index (κ2) is 3.56. The summed E-state index contributed by atoms with van der Waals surface area (Å²) < 4.78 is 5.59. The first-order chi connectivity index (χ1) is 7.83. The third-order valence-electron chi connectivity index (χ3n) is 2.71. The summed E-state index contributed by atoms with van der Waals surface area (Å²) in [4.78, 5) is 7.39. The van der Waals surface area contributed by atoms with Gasteiger partial charge in [0.05, 0.1) is 6.04 Å². The maximum Gasteiger partial charge on any atom is 0.200 e. The summed E-state index contributed by atoms with van der Waals surface area (Å²) in [6, 6.07) is 8.26. The van der Waals surface area contributed by atoms with Gasteiger partial charge in [0.25, 0.3) is 0 Å². The number of H-pyrrole nitrogens is 1. The van der Waals surface area contributed by atoms with Crippen LogP contribution in [-0.4, -0.2) is 16.6 Å². The second-order valence-corrected chi connectivity index (χ2v) is 3.96. The van der Waals surface area contributed by atoms with Gasteiger partial charge < -0.3 is 15.0 Å². The van der Waals surface area contributed by atoms with Gasteiger partial charge in [0.15, 0.2) is 0 Å². The monoisotopic (exact) mass is 215 g/mol. The molecule has 2 heterocycles. The highest BCUT2D eigenvalue weighted by Crippen LogP contribution is 2.33. The Morgan fingerprint density at radius 1 is 1.44 bits per heavy atom. The Morgan fingerprint density at radius 3 is 3.12 bits per heavy atom. The average molecular weight is 215 g/mol. The van der Waals surface area contributed by atoms with Crippen LogP contribution in [0.2, 0.25) is 0 Å². The minimum atomic E-state index is 0.182. The number of benzene rings is 1. The number of para-hydroxylation sites is 1. The van der Waals surface area contributed by atoms with Crippen molar-refractivity contribution in [3.8, 4) is 5.75 Å². The molecule has 0 spiro atoms. The van der Waals surface area contributed by atoms with Gasteiger partial charge in [-0.3, -0.25) is 0 Å². The molecule has 0 aliphatic carbocycles. The molecule has 1 aliphatic heterocycles. The molecule has 82 valence electrons. The highest BCUT2D eigenvalue weighted by atomic mass is 16.5. The van der Waals surface area contributed by atoms with Gasteiger partial charge in [-0.05, 0) is 13.0 Å². The van der Waals surface area contributed by atoms with E-state index in [0.717, 1.165) is 17.4 Å². The van der Waals surface area contributed by atoms with Gasteiger partial charge in [-0.25, -0.2) is 4.98 Å². The molecule has 0 amide bonds. The molecule has 1 atom stereocenters. The van der Waals surface area contributed by atoms with Crippen LogP contribution in [0.1, 0.15) is 17.3 Å². The lowest BCUT2D eigenvalue weighted by molar-refractivity contribution is 0.339. The lowest BCUT2D eigenvalue weighted by Crippen LogP contribution is -2.12. The summed E-state index contributed by atoms with van der Waals surface area (Å²) in [5.74, 6) is 1.76. The standard InChI is InChI=1S/C12H13N3O/c1-8-6-13-12(14-8)15-10-7-16-11-5-3-2-4-9(10)11/h2-6,10H,7H2,1H3,(H2,13,14,15). The molecular weight excluding hydrogens is 202 g/mol. The predicted molar refractivity (Wildman–Crippen MR) is 61.6 cm³/mol. The third-order valence-corrected chi connectivity index (χ3v) is 2.71. The van der Waals surface area contributed by atoms with Crippen LogP contribution in [0, 0.1) is 6.92 Å². The van der Waals surface area contributed by atoms with Crippen molar-refractivity contribution in [1.82, 2.24) is 9.97 Å². The molecule has 1 aromatic carbocycles. The molecular formula is C12H13N3O. The molecule has 4 nitrogen and oxygen atoms in total. The van der Waals surface area contributed by atoms with Crippen LogP contribution in [-0.2, 0) is 0 Å². The molecule has 1 aliphatic rings. The Balaban J connectivity index is 1.83. The van der Waals surface area contributed by atoms with Crippen LogP contribution in [0.5, 0.6) is 5.75 Å². The normalized spacial score (nSPS) is 17.9. The average Bonchev–Trinajstić information content (AvgIpc) is 2.87. The van der Waals surface area contributed by atoms with E-state index in [1.165, 1.54) is 5.56 Å². The summed E-state index contributed by atoms with van der Waals surface area (Å²) in [5, 5.41) is 3.33. The van der Waals surface area contributed by atoms with Crippen molar-refractivity contribution in [1.29, 1.82) is 0 Å². The largest absolute Gasteiger partial charge is 0.491 e. The Hall–Kier alpha value is -1.97. The van der Waals surface area contributed by atoms with Crippen molar-refractivity contribution in [3.05, 3.63) is 41.7 Å². The van der Waals surface area contributed by atoms with E-state index in [1.807, 2.05) is 31.3 Å². The highest BCUT2D eigenvalue weighted by Gasteiger charge is 2.23. The van der Waals surface area contributed by atoms with Gasteiger partial charge in [-0.15, -0.1) is 0 Å². The molecule has 1 aromatic heterocycles. The number of hydrogen-bond acceptors (Lipinski definition) is 3. The van der Waals surface area contributed by atoms with E-state index in [9.17, 15) is 0 Å². The van der Waals surface area contributed by atoms with Gasteiger partial charge in [0, 0.05) is 17.5 Å². The van der Waals surface area contributed by atoms with Crippen LogP contribution in [0.3, 0.4) is 0 Å². The molecule has 2 aromatic rings. The lowest BCUT2D eigenvalue weighted by Gasteiger charge is -2.09. The van der Waals surface area contributed by atoms with E-state index in [2.05, 4.69) is 21.4 Å². The van der Waals surface area contributed by atoms with Crippen LogP contribution in [0.4, 0.5) is 5.95 Å². The number of ether oxygens (including phenoxy) is 1. The van der Waals surface area contributed by atoms with Crippen LogP contribution >= 0.6 is 0 Å². The zero-order valence-electron chi connectivity index (χ0n) is 9.03. The van der Waals surface area contributed by atoms with Crippen molar-refractivity contribution in [2.75, 3.05) is 11.9 Å². The molecule has 0 fully saturated rings. The lowest BCUT2D eigenvalue weighted by atomic mass is 10.1. The van der Waals surface area contributed by atoms with Gasteiger partial charge in [0.1, 0.15) is 12.4 Å². The van der Waals surface area contributed by atoms with Crippen LogP contribution in [0.15, 0.2) is 30.5 Å². The topological polar surface area (TPSA) is 49.9 Å². The molecule has 0 radical (unpaired) electrons. The molecule has 2 N–H and O–H groups in total. The second-order valence-electron chi connectivity index (χ2n) is 3.96. The SMILES string of the molecule is Cc1cnc(NC2COc3ccccc32)[nH]1. The van der Waals surface area contributed by atoms with E-state index in [4.69, 9.17) is 4.74 Å². The number of aromatic amines is 1. The van der Waals surface area contributed by atoms with Gasteiger partial charge in [0.2, 0.25) is 5.95 Å².